The van der Waals surface area contributed by atoms with E-state index in [1.54, 1.807) is 25.3 Å². The van der Waals surface area contributed by atoms with Crippen molar-refractivity contribution < 1.29 is 9.53 Å². The number of hydrogen-bond acceptors (Lipinski definition) is 3. The summed E-state index contributed by atoms with van der Waals surface area (Å²) in [5, 5.41) is 3.89. The minimum Gasteiger partial charge on any atom is -0.496 e. The molecule has 22 heavy (non-hydrogen) atoms. The van der Waals surface area contributed by atoms with Gasteiger partial charge in [-0.3, -0.25) is 4.79 Å². The molecule has 0 radical (unpaired) electrons. The highest BCUT2D eigenvalue weighted by molar-refractivity contribution is 14.1. The summed E-state index contributed by atoms with van der Waals surface area (Å²) in [7, 11) is 1.58. The number of amides is 1. The van der Waals surface area contributed by atoms with Crippen LogP contribution in [0.5, 0.6) is 5.75 Å². The van der Waals surface area contributed by atoms with Crippen molar-refractivity contribution >= 4 is 40.8 Å². The van der Waals surface area contributed by atoms with Gasteiger partial charge in [0.1, 0.15) is 5.75 Å². The number of ether oxygens (including phenoxy) is 1. The maximum atomic E-state index is 12.0. The van der Waals surface area contributed by atoms with E-state index >= 15 is 0 Å². The summed E-state index contributed by atoms with van der Waals surface area (Å²) in [6, 6.07) is 15.1. The van der Waals surface area contributed by atoms with Crippen LogP contribution < -0.4 is 10.2 Å². The lowest BCUT2D eigenvalue weighted by molar-refractivity contribution is 0.0955. The summed E-state index contributed by atoms with van der Waals surface area (Å²) in [6.45, 7) is 0. The van der Waals surface area contributed by atoms with Gasteiger partial charge in [-0.15, -0.1) is 0 Å². The van der Waals surface area contributed by atoms with Gasteiger partial charge in [-0.05, 0) is 52.4 Å². The van der Waals surface area contributed by atoms with E-state index in [1.165, 1.54) is 6.21 Å². The third kappa shape index (κ3) is 4.70. The van der Waals surface area contributed by atoms with Gasteiger partial charge in [-0.25, -0.2) is 5.43 Å². The lowest BCUT2D eigenvalue weighted by Gasteiger charge is -2.05. The molecule has 0 saturated heterocycles. The van der Waals surface area contributed by atoms with Gasteiger partial charge in [0.05, 0.1) is 10.7 Å². The van der Waals surface area contributed by atoms with E-state index in [2.05, 4.69) is 33.1 Å². The Labute approximate surface area is 143 Å². The van der Waals surface area contributed by atoms with Crippen molar-refractivity contribution in [1.82, 2.24) is 5.43 Å². The molecule has 0 aliphatic rings. The van der Waals surface area contributed by atoms with E-state index in [1.807, 2.05) is 42.5 Å². The first-order chi connectivity index (χ1) is 10.7. The molecular weight excluding hydrogens is 391 g/mol. The normalized spacial score (nSPS) is 11.0. The van der Waals surface area contributed by atoms with Crippen molar-refractivity contribution in [2.24, 2.45) is 5.10 Å². The molecule has 0 aliphatic heterocycles. The number of carbonyl (C=O) groups excluding carboxylic acids is 1. The van der Waals surface area contributed by atoms with Gasteiger partial charge in [-0.1, -0.05) is 36.4 Å². The first kappa shape index (κ1) is 16.2. The van der Waals surface area contributed by atoms with Gasteiger partial charge >= 0.3 is 0 Å². The summed E-state index contributed by atoms with van der Waals surface area (Å²) in [4.78, 5) is 12.0. The molecular formula is C17H15IN2O2. The number of nitrogens with zero attached hydrogens (tertiary/aromatic N) is 1. The van der Waals surface area contributed by atoms with Crippen LogP contribution in [0.15, 0.2) is 59.7 Å². The van der Waals surface area contributed by atoms with E-state index in [4.69, 9.17) is 4.74 Å². The van der Waals surface area contributed by atoms with Crippen LogP contribution in [-0.2, 0) is 0 Å². The van der Waals surface area contributed by atoms with Crippen molar-refractivity contribution in [3.63, 3.8) is 0 Å². The SMILES string of the molecule is COc1cc(C(=O)N/N=C\C=C\c2ccccc2)ccc1I. The third-order valence-electron chi connectivity index (χ3n) is 2.83. The molecule has 2 aromatic carbocycles. The second kappa shape index (κ2) is 8.33. The molecule has 2 aromatic rings. The molecule has 0 unspecified atom stereocenters. The van der Waals surface area contributed by atoms with Gasteiger partial charge in [0.15, 0.2) is 0 Å². The van der Waals surface area contributed by atoms with Crippen LogP contribution in [-0.4, -0.2) is 19.2 Å². The fourth-order valence-corrected chi connectivity index (χ4v) is 2.28. The number of hydrogen-bond donors (Lipinski definition) is 1. The highest BCUT2D eigenvalue weighted by Crippen LogP contribution is 2.21. The van der Waals surface area contributed by atoms with E-state index < -0.39 is 0 Å². The van der Waals surface area contributed by atoms with Crippen molar-refractivity contribution in [2.75, 3.05) is 7.11 Å². The topological polar surface area (TPSA) is 50.7 Å². The maximum Gasteiger partial charge on any atom is 0.271 e. The highest BCUT2D eigenvalue weighted by Gasteiger charge is 2.07. The molecule has 0 spiro atoms. The second-order valence-corrected chi connectivity index (χ2v) is 5.50. The van der Waals surface area contributed by atoms with Crippen molar-refractivity contribution in [3.05, 3.63) is 69.3 Å². The molecule has 5 heteroatoms. The summed E-state index contributed by atoms with van der Waals surface area (Å²) < 4.78 is 6.14. The predicted octanol–water partition coefficient (Wildman–Crippen LogP) is 3.73. The van der Waals surface area contributed by atoms with E-state index in [9.17, 15) is 4.79 Å². The molecule has 112 valence electrons. The molecule has 0 heterocycles. The number of methoxy groups -OCH3 is 1. The standard InChI is InChI=1S/C17H15IN2O2/c1-22-16-12-14(9-10-15(16)18)17(21)20-19-11-5-8-13-6-3-2-4-7-13/h2-12H,1H3,(H,20,21)/b8-5+,19-11-. The molecule has 0 bridgehead atoms. The van der Waals surface area contributed by atoms with Gasteiger partial charge in [0, 0.05) is 11.8 Å². The lowest BCUT2D eigenvalue weighted by Crippen LogP contribution is -2.17. The first-order valence-corrected chi connectivity index (χ1v) is 7.67. The lowest BCUT2D eigenvalue weighted by atomic mass is 10.2. The molecule has 0 aliphatic carbocycles. The van der Waals surface area contributed by atoms with Gasteiger partial charge in [0.2, 0.25) is 0 Å². The smallest absolute Gasteiger partial charge is 0.271 e. The molecule has 0 fully saturated rings. The van der Waals surface area contributed by atoms with E-state index in [0.29, 0.717) is 11.3 Å². The number of halogens is 1. The molecule has 1 amide bonds. The van der Waals surface area contributed by atoms with Crippen molar-refractivity contribution in [1.29, 1.82) is 0 Å². The molecule has 0 aromatic heterocycles. The zero-order valence-electron chi connectivity index (χ0n) is 12.0. The van der Waals surface area contributed by atoms with E-state index in [0.717, 1.165) is 9.13 Å². The van der Waals surface area contributed by atoms with Crippen LogP contribution >= 0.6 is 22.6 Å². The van der Waals surface area contributed by atoms with E-state index in [-0.39, 0.29) is 5.91 Å². The van der Waals surface area contributed by atoms with Crippen LogP contribution in [0.1, 0.15) is 15.9 Å². The second-order valence-electron chi connectivity index (χ2n) is 4.34. The average Bonchev–Trinajstić information content (AvgIpc) is 2.55. The predicted molar refractivity (Wildman–Crippen MR) is 97.1 cm³/mol. The quantitative estimate of drug-likeness (QED) is 0.468. The van der Waals surface area contributed by atoms with Gasteiger partial charge < -0.3 is 4.74 Å². The van der Waals surface area contributed by atoms with Crippen molar-refractivity contribution in [3.8, 4) is 5.75 Å². The average molecular weight is 406 g/mol. The Hall–Kier alpha value is -2.15. The Morgan fingerprint density at radius 1 is 1.23 bits per heavy atom. The number of carbonyl (C=O) groups is 1. The molecule has 0 atom stereocenters. The molecule has 0 saturated carbocycles. The fourth-order valence-electron chi connectivity index (χ4n) is 1.72. The Kier molecular flexibility index (Phi) is 6.14. The molecule has 2 rings (SSSR count). The van der Waals surface area contributed by atoms with Gasteiger partial charge in [0.25, 0.3) is 5.91 Å². The molecule has 4 nitrogen and oxygen atoms in total. The first-order valence-electron chi connectivity index (χ1n) is 6.59. The number of allylic oxidation sites excluding steroid dienone is 1. The third-order valence-corrected chi connectivity index (χ3v) is 3.72. The summed E-state index contributed by atoms with van der Waals surface area (Å²) in [6.07, 6.45) is 5.21. The van der Waals surface area contributed by atoms with Gasteiger partial charge in [-0.2, -0.15) is 5.10 Å². The van der Waals surface area contributed by atoms with Crippen LogP contribution in [0.4, 0.5) is 0 Å². The Balaban J connectivity index is 1.92. The number of hydrazone groups is 1. The minimum atomic E-state index is -0.279. The zero-order chi connectivity index (χ0) is 15.8. The monoisotopic (exact) mass is 406 g/mol. The van der Waals surface area contributed by atoms with Crippen LogP contribution in [0, 0.1) is 3.57 Å². The summed E-state index contributed by atoms with van der Waals surface area (Å²) in [5.41, 5.74) is 4.05. The maximum absolute atomic E-state index is 12.0. The van der Waals surface area contributed by atoms with Crippen LogP contribution in [0.3, 0.4) is 0 Å². The molecule has 1 N–H and O–H groups in total. The Morgan fingerprint density at radius 3 is 2.73 bits per heavy atom. The Morgan fingerprint density at radius 2 is 2.00 bits per heavy atom. The summed E-state index contributed by atoms with van der Waals surface area (Å²) >= 11 is 2.15. The van der Waals surface area contributed by atoms with Crippen LogP contribution in [0.2, 0.25) is 0 Å². The highest BCUT2D eigenvalue weighted by atomic mass is 127. The number of benzene rings is 2. The van der Waals surface area contributed by atoms with Crippen LogP contribution in [0.25, 0.3) is 6.08 Å². The zero-order valence-corrected chi connectivity index (χ0v) is 14.2. The minimum absolute atomic E-state index is 0.279. The fraction of sp³-hybridized carbons (Fsp3) is 0.0588. The number of rotatable bonds is 5. The largest absolute Gasteiger partial charge is 0.496 e. The Bertz CT molecular complexity index is 697. The number of nitrogens with one attached hydrogen (secondary N) is 1. The summed E-state index contributed by atoms with van der Waals surface area (Å²) in [5.74, 6) is 0.389. The van der Waals surface area contributed by atoms with Crippen molar-refractivity contribution in [2.45, 2.75) is 0 Å².